The molecule has 0 N–H and O–H groups in total. The number of benzene rings is 1. The number of alkyl halides is 4. The molecule has 0 nitrogen and oxygen atoms in total. The summed E-state index contributed by atoms with van der Waals surface area (Å²) in [5.41, 5.74) is 1.35. The molecular weight excluding hydrogens is 341 g/mol. The fourth-order valence-corrected chi connectivity index (χ4v) is 3.12. The largest absolute Gasteiger partial charge is 0.395 e. The summed E-state index contributed by atoms with van der Waals surface area (Å²) in [7, 11) is 0. The van der Waals surface area contributed by atoms with Crippen molar-refractivity contribution in [3.63, 3.8) is 0 Å². The Morgan fingerprint density at radius 1 is 1.05 bits per heavy atom. The second-order valence-corrected chi connectivity index (χ2v) is 6.98. The van der Waals surface area contributed by atoms with Gasteiger partial charge in [-0.3, -0.25) is 0 Å². The second kappa shape index (κ2) is 8.82. The van der Waals surface area contributed by atoms with Crippen LogP contribution in [-0.2, 0) is 0 Å². The molecule has 0 saturated carbocycles. The van der Waals surface area contributed by atoms with E-state index in [4.69, 9.17) is 0 Å². The lowest BCUT2D eigenvalue weighted by Crippen LogP contribution is -2.23. The minimum atomic E-state index is -4.19. The monoisotopic (exact) mass is 364 g/mol. The van der Waals surface area contributed by atoms with Gasteiger partial charge in [-0.1, -0.05) is 78.4 Å². The third-order valence-corrected chi connectivity index (χ3v) is 4.57. The Balaban J connectivity index is 2.65. The fraction of sp³-hybridized carbons (Fsp3) is 0.647. The molecule has 2 atom stereocenters. The molecule has 4 heteroatoms. The van der Waals surface area contributed by atoms with Crippen LogP contribution in [0.2, 0.25) is 0 Å². The van der Waals surface area contributed by atoms with Crippen molar-refractivity contribution in [3.8, 4) is 0 Å². The molecule has 0 aliphatic carbocycles. The molecule has 0 aromatic heterocycles. The van der Waals surface area contributed by atoms with Gasteiger partial charge in [0.1, 0.15) is 0 Å². The normalized spacial score (nSPS) is 15.0. The molecule has 0 saturated heterocycles. The summed E-state index contributed by atoms with van der Waals surface area (Å²) < 4.78 is 39.9. The highest BCUT2D eigenvalue weighted by molar-refractivity contribution is 9.09. The third-order valence-electron chi connectivity index (χ3n) is 3.74. The van der Waals surface area contributed by atoms with Crippen LogP contribution in [0.3, 0.4) is 0 Å². The van der Waals surface area contributed by atoms with Gasteiger partial charge in [-0.25, -0.2) is 0 Å². The van der Waals surface area contributed by atoms with E-state index in [-0.39, 0.29) is 11.2 Å². The topological polar surface area (TPSA) is 0 Å². The first kappa shape index (κ1) is 18.5. The van der Waals surface area contributed by atoms with E-state index in [0.29, 0.717) is 5.56 Å². The van der Waals surface area contributed by atoms with Gasteiger partial charge in [-0.2, -0.15) is 13.2 Å². The standard InChI is InChI=1S/C17H24BrF3/c1-3-4-5-6-7-15(18)12-16(17(19,20)21)14-10-8-13(2)9-11-14/h8-11,15-16H,3-7,12H2,1-2H3/t15-,16+/m1/s1. The average molecular weight is 365 g/mol. The lowest BCUT2D eigenvalue weighted by atomic mass is 9.91. The highest BCUT2D eigenvalue weighted by Crippen LogP contribution is 2.40. The molecule has 21 heavy (non-hydrogen) atoms. The first-order chi connectivity index (χ1) is 9.84. The number of aryl methyl sites for hydroxylation is 1. The molecule has 0 aliphatic rings. The van der Waals surface area contributed by atoms with Crippen LogP contribution < -0.4 is 0 Å². The minimum Gasteiger partial charge on any atom is -0.170 e. The van der Waals surface area contributed by atoms with Gasteiger partial charge in [0.15, 0.2) is 0 Å². The van der Waals surface area contributed by atoms with Crippen LogP contribution in [0, 0.1) is 6.92 Å². The maximum absolute atomic E-state index is 13.3. The van der Waals surface area contributed by atoms with Crippen molar-refractivity contribution in [1.82, 2.24) is 0 Å². The number of halogens is 4. The lowest BCUT2D eigenvalue weighted by molar-refractivity contribution is -0.151. The summed E-state index contributed by atoms with van der Waals surface area (Å²) in [6.45, 7) is 4.01. The number of hydrogen-bond acceptors (Lipinski definition) is 0. The summed E-state index contributed by atoms with van der Waals surface area (Å²) in [5, 5.41) is 0. The summed E-state index contributed by atoms with van der Waals surface area (Å²) >= 11 is 3.43. The number of unbranched alkanes of at least 4 members (excludes halogenated alkanes) is 3. The first-order valence-corrected chi connectivity index (χ1v) is 8.53. The van der Waals surface area contributed by atoms with Gasteiger partial charge in [0.05, 0.1) is 5.92 Å². The predicted octanol–water partition coefficient (Wildman–Crippen LogP) is 6.76. The molecule has 120 valence electrons. The van der Waals surface area contributed by atoms with Gasteiger partial charge < -0.3 is 0 Å². The van der Waals surface area contributed by atoms with Gasteiger partial charge in [-0.15, -0.1) is 0 Å². The van der Waals surface area contributed by atoms with Crippen LogP contribution in [0.15, 0.2) is 24.3 Å². The van der Waals surface area contributed by atoms with Crippen molar-refractivity contribution in [2.24, 2.45) is 0 Å². The molecule has 1 aromatic rings. The van der Waals surface area contributed by atoms with Gasteiger partial charge >= 0.3 is 6.18 Å². The summed E-state index contributed by atoms with van der Waals surface area (Å²) in [5.74, 6) is -1.38. The molecule has 0 amide bonds. The fourth-order valence-electron chi connectivity index (χ4n) is 2.42. The van der Waals surface area contributed by atoms with Crippen LogP contribution in [0.5, 0.6) is 0 Å². The first-order valence-electron chi connectivity index (χ1n) is 7.62. The third kappa shape index (κ3) is 6.86. The number of rotatable bonds is 8. The maximum Gasteiger partial charge on any atom is 0.395 e. The molecular formula is C17H24BrF3. The highest BCUT2D eigenvalue weighted by atomic mass is 79.9. The van der Waals surface area contributed by atoms with Crippen LogP contribution in [0.1, 0.15) is 62.5 Å². The number of hydrogen-bond donors (Lipinski definition) is 0. The Morgan fingerprint density at radius 3 is 2.19 bits per heavy atom. The molecule has 1 aromatic carbocycles. The van der Waals surface area contributed by atoms with Gasteiger partial charge in [0.2, 0.25) is 0 Å². The molecule has 0 radical (unpaired) electrons. The Kier molecular flexibility index (Phi) is 7.78. The van der Waals surface area contributed by atoms with Crippen molar-refractivity contribution >= 4 is 15.9 Å². The van der Waals surface area contributed by atoms with Crippen molar-refractivity contribution in [2.75, 3.05) is 0 Å². The zero-order valence-electron chi connectivity index (χ0n) is 12.7. The van der Waals surface area contributed by atoms with Crippen LogP contribution >= 0.6 is 15.9 Å². The van der Waals surface area contributed by atoms with E-state index in [0.717, 1.165) is 37.7 Å². The van der Waals surface area contributed by atoms with E-state index in [1.807, 2.05) is 6.92 Å². The molecule has 0 unspecified atom stereocenters. The Bertz CT molecular complexity index is 397. The van der Waals surface area contributed by atoms with Crippen LogP contribution in [0.4, 0.5) is 13.2 Å². The molecule has 0 aliphatic heterocycles. The van der Waals surface area contributed by atoms with Crippen molar-refractivity contribution < 1.29 is 13.2 Å². The molecule has 1 rings (SSSR count). The zero-order chi connectivity index (χ0) is 15.9. The summed E-state index contributed by atoms with van der Waals surface area (Å²) in [6.07, 6.45) is 1.10. The Morgan fingerprint density at radius 2 is 1.67 bits per heavy atom. The van der Waals surface area contributed by atoms with E-state index in [2.05, 4.69) is 22.9 Å². The molecule has 0 fully saturated rings. The van der Waals surface area contributed by atoms with E-state index in [9.17, 15) is 13.2 Å². The smallest absolute Gasteiger partial charge is 0.170 e. The zero-order valence-corrected chi connectivity index (χ0v) is 14.3. The van der Waals surface area contributed by atoms with E-state index >= 15 is 0 Å². The average Bonchev–Trinajstić information content (AvgIpc) is 2.41. The Labute approximate surface area is 134 Å². The summed E-state index contributed by atoms with van der Waals surface area (Å²) in [6, 6.07) is 6.70. The van der Waals surface area contributed by atoms with Gasteiger partial charge in [0, 0.05) is 4.83 Å². The van der Waals surface area contributed by atoms with Crippen LogP contribution in [-0.4, -0.2) is 11.0 Å². The Hall–Kier alpha value is -0.510. The molecule has 0 bridgehead atoms. The molecule has 0 spiro atoms. The molecule has 0 heterocycles. The lowest BCUT2D eigenvalue weighted by Gasteiger charge is -2.23. The SMILES string of the molecule is CCCCCC[C@@H](Br)C[C@@H](c1ccc(C)cc1)C(F)(F)F. The van der Waals surface area contributed by atoms with Crippen LogP contribution in [0.25, 0.3) is 0 Å². The quantitative estimate of drug-likeness (QED) is 0.352. The van der Waals surface area contributed by atoms with Gasteiger partial charge in [-0.05, 0) is 25.3 Å². The van der Waals surface area contributed by atoms with Crippen molar-refractivity contribution in [3.05, 3.63) is 35.4 Å². The van der Waals surface area contributed by atoms with E-state index < -0.39 is 12.1 Å². The van der Waals surface area contributed by atoms with Crippen molar-refractivity contribution in [2.45, 2.75) is 69.3 Å². The highest BCUT2D eigenvalue weighted by Gasteiger charge is 2.41. The minimum absolute atomic E-state index is 0.0812. The van der Waals surface area contributed by atoms with Crippen molar-refractivity contribution in [1.29, 1.82) is 0 Å². The van der Waals surface area contributed by atoms with E-state index in [1.165, 1.54) is 0 Å². The summed E-state index contributed by atoms with van der Waals surface area (Å²) in [4.78, 5) is -0.0812. The van der Waals surface area contributed by atoms with Gasteiger partial charge in [0.25, 0.3) is 0 Å². The second-order valence-electron chi connectivity index (χ2n) is 5.69. The maximum atomic E-state index is 13.3. The predicted molar refractivity (Wildman–Crippen MR) is 86.1 cm³/mol. The van der Waals surface area contributed by atoms with E-state index in [1.54, 1.807) is 24.3 Å².